The molecule has 0 aliphatic carbocycles. The van der Waals surface area contributed by atoms with Crippen molar-refractivity contribution in [1.29, 1.82) is 0 Å². The Bertz CT molecular complexity index is 1240. The molecule has 0 radical (unpaired) electrons. The molecule has 1 saturated heterocycles. The molecule has 10 nitrogen and oxygen atoms in total. The zero-order chi connectivity index (χ0) is 32.8. The molecule has 3 rings (SSSR count). The predicted octanol–water partition coefficient (Wildman–Crippen LogP) is 4.23. The molecule has 1 aliphatic rings. The van der Waals surface area contributed by atoms with Crippen LogP contribution in [0.5, 0.6) is 5.75 Å². The normalized spacial score (nSPS) is 17.5. The molecule has 0 spiro atoms. The average Bonchev–Trinajstić information content (AvgIpc) is 3.41. The van der Waals surface area contributed by atoms with Crippen LogP contribution in [0.25, 0.3) is 0 Å². The Labute approximate surface area is 266 Å². The summed E-state index contributed by atoms with van der Waals surface area (Å²) in [6, 6.07) is 14.0. The summed E-state index contributed by atoms with van der Waals surface area (Å²) in [5.74, 6) is -1.84. The minimum Gasteiger partial charge on any atom is -0.489 e. The first-order chi connectivity index (χ1) is 21.6. The van der Waals surface area contributed by atoms with Gasteiger partial charge in [0, 0.05) is 25.8 Å². The Morgan fingerprint density at radius 1 is 0.911 bits per heavy atom. The van der Waals surface area contributed by atoms with Crippen LogP contribution in [0, 0.1) is 5.92 Å². The topological polar surface area (TPSA) is 145 Å². The first-order valence-corrected chi connectivity index (χ1v) is 16.1. The van der Waals surface area contributed by atoms with Gasteiger partial charge < -0.3 is 30.5 Å². The van der Waals surface area contributed by atoms with Gasteiger partial charge in [-0.15, -0.1) is 0 Å². The van der Waals surface area contributed by atoms with E-state index in [0.717, 1.165) is 48.1 Å². The zero-order valence-corrected chi connectivity index (χ0v) is 26.7. The number of amides is 3. The number of unbranched alkanes of at least 4 members (excludes halogenated alkanes) is 4. The molecule has 1 aliphatic heterocycles. The number of nitrogens with zero attached hydrogens (tertiary/aromatic N) is 1. The van der Waals surface area contributed by atoms with Crippen LogP contribution in [0.1, 0.15) is 83.3 Å². The Morgan fingerprint density at radius 3 is 2.24 bits per heavy atom. The van der Waals surface area contributed by atoms with Gasteiger partial charge in [0.25, 0.3) is 0 Å². The van der Waals surface area contributed by atoms with Gasteiger partial charge in [-0.2, -0.15) is 0 Å². The number of carbonyl (C=O) groups excluding carboxylic acids is 3. The molecule has 1 fully saturated rings. The summed E-state index contributed by atoms with van der Waals surface area (Å²) in [5.41, 5.74) is 1.84. The van der Waals surface area contributed by atoms with E-state index in [4.69, 9.17) is 4.74 Å². The van der Waals surface area contributed by atoms with Gasteiger partial charge in [-0.05, 0) is 42.0 Å². The van der Waals surface area contributed by atoms with E-state index in [9.17, 15) is 29.4 Å². The lowest BCUT2D eigenvalue weighted by atomic mass is 10.00. The number of β-amino-alcohol motifs (C(OH)–C–C–N with tert-alkyl or cyclic N) is 1. The minimum atomic E-state index is -1.20. The summed E-state index contributed by atoms with van der Waals surface area (Å²) in [6.45, 7) is 6.24. The number of nitrogens with one attached hydrogen (secondary N) is 2. The molecule has 0 aromatic heterocycles. The van der Waals surface area contributed by atoms with Gasteiger partial charge in [0.05, 0.1) is 6.10 Å². The van der Waals surface area contributed by atoms with E-state index in [2.05, 4.69) is 17.6 Å². The van der Waals surface area contributed by atoms with Crippen LogP contribution in [0.3, 0.4) is 0 Å². The van der Waals surface area contributed by atoms with E-state index in [-0.39, 0.29) is 37.6 Å². The molecule has 2 aromatic rings. The molecule has 4 N–H and O–H groups in total. The molecule has 3 amide bonds. The lowest BCUT2D eigenvalue weighted by Gasteiger charge is -2.29. The number of hydrogen-bond donors (Lipinski definition) is 4. The standard InChI is InChI=1S/C35H49N3O7/c1-4-5-6-7-11-14-32(40)36-29(20-25-15-17-28(18-16-25)45-23-26-12-9-8-10-13-26)33(41)37-30(19-24(2)3)34(42)38-22-27(39)21-31(38)35(43)44/h8-10,12-13,15-18,24,27,29-31,39H,4-7,11,14,19-23H2,1-3H3,(H,36,40)(H,37,41)(H,43,44)/t27-,29+,30+,31+/m1/s1. The van der Waals surface area contributed by atoms with Crippen LogP contribution in [0.2, 0.25) is 0 Å². The Kier molecular flexibility index (Phi) is 14.3. The minimum absolute atomic E-state index is 0.00893. The van der Waals surface area contributed by atoms with E-state index < -0.39 is 42.0 Å². The van der Waals surface area contributed by atoms with Crippen LogP contribution < -0.4 is 15.4 Å². The van der Waals surface area contributed by atoms with Gasteiger partial charge >= 0.3 is 5.97 Å². The fourth-order valence-corrected chi connectivity index (χ4v) is 5.52. The van der Waals surface area contributed by atoms with Gasteiger partial charge in [-0.3, -0.25) is 14.4 Å². The first-order valence-electron chi connectivity index (χ1n) is 16.1. The Hall–Kier alpha value is -3.92. The van der Waals surface area contributed by atoms with E-state index in [1.54, 1.807) is 0 Å². The van der Waals surface area contributed by atoms with Gasteiger partial charge in [0.15, 0.2) is 0 Å². The SMILES string of the molecule is CCCCCCCC(=O)N[C@@H](Cc1ccc(OCc2ccccc2)cc1)C(=O)N[C@@H](CC(C)C)C(=O)N1C[C@H](O)C[C@H]1C(=O)O. The first kappa shape index (κ1) is 35.6. The van der Waals surface area contributed by atoms with E-state index in [0.29, 0.717) is 18.8 Å². The molecule has 10 heteroatoms. The number of aliphatic hydroxyl groups excluding tert-OH is 1. The van der Waals surface area contributed by atoms with Crippen molar-refractivity contribution < 1.29 is 34.1 Å². The second kappa shape index (κ2) is 18.1. The molecule has 2 aromatic carbocycles. The number of ether oxygens (including phenoxy) is 1. The van der Waals surface area contributed by atoms with Crippen molar-refractivity contribution in [2.24, 2.45) is 5.92 Å². The maximum atomic E-state index is 13.7. The van der Waals surface area contributed by atoms with Gasteiger partial charge in [-0.25, -0.2) is 4.79 Å². The van der Waals surface area contributed by atoms with Crippen LogP contribution in [-0.2, 0) is 32.2 Å². The number of carboxylic acids is 1. The monoisotopic (exact) mass is 623 g/mol. The molecular weight excluding hydrogens is 574 g/mol. The Balaban J connectivity index is 1.73. The summed E-state index contributed by atoms with van der Waals surface area (Å²) in [4.78, 5) is 53.1. The number of likely N-dealkylation sites (tertiary alicyclic amines) is 1. The van der Waals surface area contributed by atoms with Crippen molar-refractivity contribution >= 4 is 23.7 Å². The molecule has 0 unspecified atom stereocenters. The van der Waals surface area contributed by atoms with Crippen LogP contribution in [0.15, 0.2) is 54.6 Å². The summed E-state index contributed by atoms with van der Waals surface area (Å²) in [5, 5.41) is 25.4. The fraction of sp³-hybridized carbons (Fsp3) is 0.543. The average molecular weight is 624 g/mol. The third-order valence-corrected chi connectivity index (χ3v) is 7.94. The van der Waals surface area contributed by atoms with Crippen molar-refractivity contribution in [3.63, 3.8) is 0 Å². The van der Waals surface area contributed by atoms with E-state index in [1.165, 1.54) is 0 Å². The third kappa shape index (κ3) is 11.8. The van der Waals surface area contributed by atoms with Crippen molar-refractivity contribution in [2.75, 3.05) is 6.54 Å². The van der Waals surface area contributed by atoms with Crippen LogP contribution in [-0.4, -0.2) is 69.6 Å². The van der Waals surface area contributed by atoms with Crippen LogP contribution in [0.4, 0.5) is 0 Å². The number of benzene rings is 2. The smallest absolute Gasteiger partial charge is 0.326 e. The number of hydrogen-bond acceptors (Lipinski definition) is 6. The number of rotatable bonds is 18. The van der Waals surface area contributed by atoms with E-state index in [1.807, 2.05) is 68.4 Å². The maximum Gasteiger partial charge on any atom is 0.326 e. The summed E-state index contributed by atoms with van der Waals surface area (Å²) < 4.78 is 5.88. The van der Waals surface area contributed by atoms with Crippen molar-refractivity contribution in [1.82, 2.24) is 15.5 Å². The van der Waals surface area contributed by atoms with Gasteiger partial charge in [0.1, 0.15) is 30.5 Å². The van der Waals surface area contributed by atoms with Crippen LogP contribution >= 0.6 is 0 Å². The highest BCUT2D eigenvalue weighted by molar-refractivity contribution is 5.93. The number of carbonyl (C=O) groups is 4. The number of aliphatic carboxylic acids is 1. The third-order valence-electron chi connectivity index (χ3n) is 7.94. The summed E-state index contributed by atoms with van der Waals surface area (Å²) >= 11 is 0. The second-order valence-electron chi connectivity index (χ2n) is 12.3. The lowest BCUT2D eigenvalue weighted by Crippen LogP contribution is -2.56. The van der Waals surface area contributed by atoms with Crippen molar-refractivity contribution in [3.8, 4) is 5.75 Å². The molecule has 45 heavy (non-hydrogen) atoms. The zero-order valence-electron chi connectivity index (χ0n) is 26.7. The molecular formula is C35H49N3O7. The predicted molar refractivity (Wildman–Crippen MR) is 171 cm³/mol. The quantitative estimate of drug-likeness (QED) is 0.182. The highest BCUT2D eigenvalue weighted by atomic mass is 16.5. The van der Waals surface area contributed by atoms with Crippen molar-refractivity contribution in [3.05, 3.63) is 65.7 Å². The van der Waals surface area contributed by atoms with Crippen molar-refractivity contribution in [2.45, 2.75) is 109 Å². The largest absolute Gasteiger partial charge is 0.489 e. The molecule has 1 heterocycles. The molecule has 4 atom stereocenters. The maximum absolute atomic E-state index is 13.7. The molecule has 0 bridgehead atoms. The number of aliphatic hydroxyl groups is 1. The summed E-state index contributed by atoms with van der Waals surface area (Å²) in [6.07, 6.45) is 4.65. The highest BCUT2D eigenvalue weighted by Gasteiger charge is 2.42. The van der Waals surface area contributed by atoms with Gasteiger partial charge in [-0.1, -0.05) is 88.9 Å². The fourth-order valence-electron chi connectivity index (χ4n) is 5.52. The molecule has 246 valence electrons. The Morgan fingerprint density at radius 2 is 1.60 bits per heavy atom. The highest BCUT2D eigenvalue weighted by Crippen LogP contribution is 2.22. The van der Waals surface area contributed by atoms with E-state index >= 15 is 0 Å². The lowest BCUT2D eigenvalue weighted by molar-refractivity contribution is -0.149. The molecule has 0 saturated carbocycles. The second-order valence-corrected chi connectivity index (χ2v) is 12.3. The summed E-state index contributed by atoms with van der Waals surface area (Å²) in [7, 11) is 0. The number of carboxylic acid groups (broad SMARTS) is 1. The van der Waals surface area contributed by atoms with Gasteiger partial charge in [0.2, 0.25) is 17.7 Å².